The number of amides is 1. The molecule has 1 fully saturated rings. The molecule has 1 aliphatic heterocycles. The highest BCUT2D eigenvalue weighted by molar-refractivity contribution is 5.91. The van der Waals surface area contributed by atoms with Crippen molar-refractivity contribution >= 4 is 11.9 Å². The Morgan fingerprint density at radius 2 is 1.76 bits per heavy atom. The smallest absolute Gasteiger partial charge is 0.303 e. The van der Waals surface area contributed by atoms with Crippen molar-refractivity contribution in [2.24, 2.45) is 0 Å². The number of aryl methyl sites for hydroxylation is 1. The van der Waals surface area contributed by atoms with Gasteiger partial charge in [-0.3, -0.25) is 9.59 Å². The van der Waals surface area contributed by atoms with Crippen LogP contribution in [0.3, 0.4) is 0 Å². The summed E-state index contributed by atoms with van der Waals surface area (Å²) in [6, 6.07) is 16.4. The summed E-state index contributed by atoms with van der Waals surface area (Å²) < 4.78 is 5.34. The number of carbonyl (C=O) groups excluding carboxylic acids is 2. The van der Waals surface area contributed by atoms with Gasteiger partial charge in [-0.2, -0.15) is 0 Å². The van der Waals surface area contributed by atoms with Gasteiger partial charge in [0.1, 0.15) is 6.04 Å². The normalized spacial score (nSPS) is 22.5. The second-order valence-electron chi connectivity index (χ2n) is 6.97. The van der Waals surface area contributed by atoms with Crippen LogP contribution in [0.2, 0.25) is 0 Å². The lowest BCUT2D eigenvalue weighted by Gasteiger charge is -2.49. The van der Waals surface area contributed by atoms with Crippen LogP contribution in [0.15, 0.2) is 48.5 Å². The molecule has 4 rings (SSSR count). The first-order valence-corrected chi connectivity index (χ1v) is 8.67. The second kappa shape index (κ2) is 6.03. The molecule has 25 heavy (non-hydrogen) atoms. The molecule has 4 nitrogen and oxygen atoms in total. The molecule has 4 heteroatoms. The van der Waals surface area contributed by atoms with E-state index in [2.05, 4.69) is 18.2 Å². The van der Waals surface area contributed by atoms with E-state index >= 15 is 0 Å². The zero-order valence-electron chi connectivity index (χ0n) is 14.4. The first kappa shape index (κ1) is 15.9. The van der Waals surface area contributed by atoms with E-state index in [1.807, 2.05) is 42.2 Å². The summed E-state index contributed by atoms with van der Waals surface area (Å²) in [7, 11) is 0. The predicted octanol–water partition coefficient (Wildman–Crippen LogP) is 2.98. The minimum Gasteiger partial charge on any atom is -0.450 e. The van der Waals surface area contributed by atoms with Gasteiger partial charge in [-0.25, -0.2) is 0 Å². The maximum atomic E-state index is 12.8. The van der Waals surface area contributed by atoms with Crippen molar-refractivity contribution in [3.05, 3.63) is 70.8 Å². The summed E-state index contributed by atoms with van der Waals surface area (Å²) in [6.45, 7) is 3.38. The Morgan fingerprint density at radius 1 is 1.08 bits per heavy atom. The molecule has 1 saturated heterocycles. The van der Waals surface area contributed by atoms with Crippen LogP contribution in [0, 0.1) is 6.92 Å². The van der Waals surface area contributed by atoms with Crippen LogP contribution in [0.4, 0.5) is 0 Å². The largest absolute Gasteiger partial charge is 0.450 e. The molecule has 1 aliphatic carbocycles. The third-order valence-corrected chi connectivity index (χ3v) is 5.18. The van der Waals surface area contributed by atoms with Crippen LogP contribution in [0.1, 0.15) is 35.2 Å². The highest BCUT2D eigenvalue weighted by Crippen LogP contribution is 2.42. The van der Waals surface area contributed by atoms with E-state index in [9.17, 15) is 9.59 Å². The molecular weight excluding hydrogens is 314 g/mol. The maximum Gasteiger partial charge on any atom is 0.303 e. The number of carbonyl (C=O) groups is 2. The highest BCUT2D eigenvalue weighted by Gasteiger charge is 2.54. The Labute approximate surface area is 147 Å². The van der Waals surface area contributed by atoms with Crippen LogP contribution in [-0.2, 0) is 27.2 Å². The zero-order valence-corrected chi connectivity index (χ0v) is 14.4. The van der Waals surface area contributed by atoms with Crippen molar-refractivity contribution in [2.45, 2.75) is 44.9 Å². The molecule has 0 saturated carbocycles. The number of hydrogen-bond acceptors (Lipinski definition) is 3. The molecule has 1 amide bonds. The number of esters is 1. The summed E-state index contributed by atoms with van der Waals surface area (Å²) in [5.74, 6) is -0.495. The van der Waals surface area contributed by atoms with Crippen molar-refractivity contribution in [1.82, 2.24) is 4.90 Å². The van der Waals surface area contributed by atoms with Gasteiger partial charge in [0.2, 0.25) is 6.10 Å². The van der Waals surface area contributed by atoms with Crippen molar-refractivity contribution in [3.8, 4) is 0 Å². The average molecular weight is 335 g/mol. The number of β-lactam (4-membered cyclic amide) rings is 1. The lowest BCUT2D eigenvalue weighted by Crippen LogP contribution is -2.63. The van der Waals surface area contributed by atoms with Crippen LogP contribution in [-0.4, -0.2) is 28.9 Å². The molecule has 0 bridgehead atoms. The summed E-state index contributed by atoms with van der Waals surface area (Å²) in [5.41, 5.74) is 4.77. The summed E-state index contributed by atoms with van der Waals surface area (Å²) in [5, 5.41) is 0. The minimum absolute atomic E-state index is 0.0838. The highest BCUT2D eigenvalue weighted by atomic mass is 16.6. The van der Waals surface area contributed by atoms with Gasteiger partial charge in [-0.15, -0.1) is 0 Å². The van der Waals surface area contributed by atoms with Crippen molar-refractivity contribution in [2.75, 3.05) is 0 Å². The topological polar surface area (TPSA) is 46.6 Å². The van der Waals surface area contributed by atoms with Crippen molar-refractivity contribution < 1.29 is 14.3 Å². The van der Waals surface area contributed by atoms with Gasteiger partial charge >= 0.3 is 5.97 Å². The van der Waals surface area contributed by atoms with Crippen LogP contribution < -0.4 is 0 Å². The number of ether oxygens (including phenoxy) is 1. The number of nitrogens with zero attached hydrogens (tertiary/aromatic N) is 1. The Bertz CT molecular complexity index is 820. The standard InChI is InChI=1S/C21H21NO3/c1-13-6-5-9-17(10-13)19-20(25-14(2)23)21(24)22(19)18-11-15-7-3-4-8-16(15)12-18/h3-10,18-20H,11-12H2,1-2H3/t19-,20+/m1/s1. The molecule has 128 valence electrons. The molecule has 0 N–H and O–H groups in total. The Balaban J connectivity index is 1.64. The molecule has 2 aromatic rings. The first-order chi connectivity index (χ1) is 12.0. The molecule has 0 aromatic heterocycles. The number of benzene rings is 2. The van der Waals surface area contributed by atoms with E-state index in [-0.39, 0.29) is 18.0 Å². The van der Waals surface area contributed by atoms with Gasteiger partial charge in [0.15, 0.2) is 0 Å². The Morgan fingerprint density at radius 3 is 2.36 bits per heavy atom. The van der Waals surface area contributed by atoms with Gasteiger partial charge in [0, 0.05) is 13.0 Å². The molecule has 0 spiro atoms. The fourth-order valence-corrected chi connectivity index (χ4v) is 4.11. The summed E-state index contributed by atoms with van der Waals surface area (Å²) in [4.78, 5) is 26.1. The Kier molecular flexibility index (Phi) is 3.83. The maximum absolute atomic E-state index is 12.8. The number of rotatable bonds is 3. The fraction of sp³-hybridized carbons (Fsp3) is 0.333. The monoisotopic (exact) mass is 335 g/mol. The van der Waals surface area contributed by atoms with E-state index in [1.165, 1.54) is 18.1 Å². The van der Waals surface area contributed by atoms with E-state index in [0.717, 1.165) is 24.0 Å². The molecule has 0 radical (unpaired) electrons. The molecule has 2 atom stereocenters. The first-order valence-electron chi connectivity index (χ1n) is 8.67. The van der Waals surface area contributed by atoms with E-state index in [4.69, 9.17) is 4.74 Å². The molecule has 0 unspecified atom stereocenters. The van der Waals surface area contributed by atoms with Gasteiger partial charge in [-0.1, -0.05) is 54.1 Å². The number of likely N-dealkylation sites (tertiary alicyclic amines) is 1. The lowest BCUT2D eigenvalue weighted by molar-refractivity contribution is -0.186. The van der Waals surface area contributed by atoms with Gasteiger partial charge in [0.25, 0.3) is 5.91 Å². The minimum atomic E-state index is -0.706. The second-order valence-corrected chi connectivity index (χ2v) is 6.97. The van der Waals surface area contributed by atoms with Crippen LogP contribution in [0.25, 0.3) is 0 Å². The van der Waals surface area contributed by atoms with Gasteiger partial charge in [-0.05, 0) is 36.5 Å². The quantitative estimate of drug-likeness (QED) is 0.640. The van der Waals surface area contributed by atoms with Crippen molar-refractivity contribution in [3.63, 3.8) is 0 Å². The van der Waals surface area contributed by atoms with E-state index in [1.54, 1.807) is 0 Å². The molecule has 1 heterocycles. The van der Waals surface area contributed by atoms with Gasteiger partial charge in [0.05, 0.1) is 0 Å². The van der Waals surface area contributed by atoms with Gasteiger partial charge < -0.3 is 9.64 Å². The van der Waals surface area contributed by atoms with Crippen LogP contribution >= 0.6 is 0 Å². The van der Waals surface area contributed by atoms with E-state index < -0.39 is 12.1 Å². The number of fused-ring (bicyclic) bond motifs is 1. The number of hydrogen-bond donors (Lipinski definition) is 0. The fourth-order valence-electron chi connectivity index (χ4n) is 4.11. The lowest BCUT2D eigenvalue weighted by atomic mass is 9.87. The third-order valence-electron chi connectivity index (χ3n) is 5.18. The van der Waals surface area contributed by atoms with Crippen LogP contribution in [0.5, 0.6) is 0 Å². The molecule has 2 aliphatic rings. The van der Waals surface area contributed by atoms with Crippen molar-refractivity contribution in [1.29, 1.82) is 0 Å². The predicted molar refractivity (Wildman–Crippen MR) is 94.0 cm³/mol. The Hall–Kier alpha value is -2.62. The molecule has 2 aromatic carbocycles. The molecular formula is C21H21NO3. The summed E-state index contributed by atoms with van der Waals surface area (Å²) in [6.07, 6.45) is 1.01. The zero-order chi connectivity index (χ0) is 17.6. The van der Waals surface area contributed by atoms with E-state index in [0.29, 0.717) is 0 Å². The SMILES string of the molecule is CC(=O)O[C@@H]1C(=O)N(C2Cc3ccccc3C2)[C@@H]1c1cccc(C)c1. The third kappa shape index (κ3) is 2.72. The summed E-state index contributed by atoms with van der Waals surface area (Å²) >= 11 is 0. The average Bonchev–Trinajstić information content (AvgIpc) is 3.00.